The molecule has 0 bridgehead atoms. The SMILES string of the molecule is CC1(C)CN(C2CCN(c3ccc(Cl)cc3)C2=O)CCC1N.Cl. The van der Waals surface area contributed by atoms with Crippen molar-refractivity contribution in [2.24, 2.45) is 11.1 Å². The number of rotatable bonds is 2. The molecule has 0 aromatic heterocycles. The average Bonchev–Trinajstić information content (AvgIpc) is 2.85. The molecule has 4 nitrogen and oxygen atoms in total. The van der Waals surface area contributed by atoms with Gasteiger partial charge in [0.05, 0.1) is 6.04 Å². The molecule has 0 radical (unpaired) electrons. The third-order valence-corrected chi connectivity index (χ3v) is 5.35. The number of carbonyl (C=O) groups excluding carboxylic acids is 1. The number of halogens is 2. The highest BCUT2D eigenvalue weighted by Crippen LogP contribution is 2.32. The third kappa shape index (κ3) is 3.66. The summed E-state index contributed by atoms with van der Waals surface area (Å²) >= 11 is 5.93. The molecule has 1 aromatic rings. The summed E-state index contributed by atoms with van der Waals surface area (Å²) in [6, 6.07) is 7.70. The smallest absolute Gasteiger partial charge is 0.244 e. The van der Waals surface area contributed by atoms with E-state index in [2.05, 4.69) is 18.7 Å². The van der Waals surface area contributed by atoms with Crippen LogP contribution in [0.25, 0.3) is 0 Å². The van der Waals surface area contributed by atoms with E-state index in [0.29, 0.717) is 5.02 Å². The van der Waals surface area contributed by atoms with Crippen LogP contribution in [0.2, 0.25) is 5.02 Å². The van der Waals surface area contributed by atoms with E-state index in [0.717, 1.165) is 38.2 Å². The summed E-state index contributed by atoms with van der Waals surface area (Å²) in [5, 5.41) is 0.693. The highest BCUT2D eigenvalue weighted by atomic mass is 35.5. The molecule has 2 saturated heterocycles. The topological polar surface area (TPSA) is 49.6 Å². The van der Waals surface area contributed by atoms with Crippen molar-refractivity contribution >= 4 is 35.6 Å². The monoisotopic (exact) mass is 357 g/mol. The fourth-order valence-corrected chi connectivity index (χ4v) is 3.69. The first-order chi connectivity index (χ1) is 10.4. The normalized spacial score (nSPS) is 27.8. The van der Waals surface area contributed by atoms with Crippen LogP contribution in [0.5, 0.6) is 0 Å². The Morgan fingerprint density at radius 1 is 1.17 bits per heavy atom. The standard InChI is InChI=1S/C17H24ClN3O.ClH/c1-17(2)11-20(9-8-15(17)19)14-7-10-21(16(14)22)13-5-3-12(18)4-6-13;/h3-6,14-15H,7-11,19H2,1-2H3;1H. The van der Waals surface area contributed by atoms with E-state index < -0.39 is 0 Å². The Balaban J connectivity index is 0.00000192. The lowest BCUT2D eigenvalue weighted by Crippen LogP contribution is -2.56. The van der Waals surface area contributed by atoms with Crippen molar-refractivity contribution in [3.63, 3.8) is 0 Å². The number of hydrogen-bond donors (Lipinski definition) is 1. The molecule has 3 rings (SSSR count). The number of carbonyl (C=O) groups is 1. The second-order valence-electron chi connectivity index (χ2n) is 7.12. The Morgan fingerprint density at radius 2 is 1.83 bits per heavy atom. The predicted octanol–water partition coefficient (Wildman–Crippen LogP) is 2.93. The zero-order valence-electron chi connectivity index (χ0n) is 13.7. The molecule has 2 heterocycles. The summed E-state index contributed by atoms with van der Waals surface area (Å²) in [7, 11) is 0. The molecule has 128 valence electrons. The maximum Gasteiger partial charge on any atom is 0.244 e. The molecule has 2 N–H and O–H groups in total. The minimum Gasteiger partial charge on any atom is -0.327 e. The zero-order chi connectivity index (χ0) is 15.9. The molecule has 6 heteroatoms. The minimum absolute atomic E-state index is 0. The van der Waals surface area contributed by atoms with Crippen molar-refractivity contribution in [1.82, 2.24) is 4.90 Å². The Hall–Kier alpha value is -0.810. The summed E-state index contributed by atoms with van der Waals surface area (Å²) in [6.45, 7) is 6.96. The Labute approximate surface area is 149 Å². The van der Waals surface area contributed by atoms with Gasteiger partial charge in [-0.2, -0.15) is 0 Å². The molecule has 23 heavy (non-hydrogen) atoms. The van der Waals surface area contributed by atoms with Gasteiger partial charge in [-0.3, -0.25) is 9.69 Å². The van der Waals surface area contributed by atoms with Gasteiger partial charge in [0.15, 0.2) is 0 Å². The molecule has 2 atom stereocenters. The van der Waals surface area contributed by atoms with Crippen molar-refractivity contribution in [1.29, 1.82) is 0 Å². The van der Waals surface area contributed by atoms with Crippen molar-refractivity contribution in [2.45, 2.75) is 38.8 Å². The van der Waals surface area contributed by atoms with E-state index in [1.54, 1.807) is 0 Å². The quantitative estimate of drug-likeness (QED) is 0.884. The second-order valence-corrected chi connectivity index (χ2v) is 7.56. The van der Waals surface area contributed by atoms with E-state index in [-0.39, 0.29) is 35.8 Å². The summed E-state index contributed by atoms with van der Waals surface area (Å²) < 4.78 is 0. The van der Waals surface area contributed by atoms with Gasteiger partial charge in [0.25, 0.3) is 0 Å². The van der Waals surface area contributed by atoms with E-state index in [4.69, 9.17) is 17.3 Å². The van der Waals surface area contributed by atoms with Crippen LogP contribution in [0.4, 0.5) is 5.69 Å². The van der Waals surface area contributed by atoms with Gasteiger partial charge >= 0.3 is 0 Å². The molecule has 2 unspecified atom stereocenters. The van der Waals surface area contributed by atoms with E-state index in [1.807, 2.05) is 29.2 Å². The number of nitrogens with two attached hydrogens (primary N) is 1. The van der Waals surface area contributed by atoms with Crippen LogP contribution in [0.3, 0.4) is 0 Å². The van der Waals surface area contributed by atoms with E-state index in [1.165, 1.54) is 0 Å². The molecule has 2 aliphatic heterocycles. The van der Waals surface area contributed by atoms with Crippen LogP contribution in [0.1, 0.15) is 26.7 Å². The number of amides is 1. The first kappa shape index (κ1) is 18.5. The van der Waals surface area contributed by atoms with Crippen LogP contribution >= 0.6 is 24.0 Å². The van der Waals surface area contributed by atoms with Crippen molar-refractivity contribution in [2.75, 3.05) is 24.5 Å². The van der Waals surface area contributed by atoms with E-state index in [9.17, 15) is 4.79 Å². The number of benzene rings is 1. The summed E-state index contributed by atoms with van der Waals surface area (Å²) in [5.41, 5.74) is 7.20. The molecule has 0 spiro atoms. The van der Waals surface area contributed by atoms with Gasteiger partial charge < -0.3 is 10.6 Å². The van der Waals surface area contributed by atoms with Crippen LogP contribution < -0.4 is 10.6 Å². The third-order valence-electron chi connectivity index (χ3n) is 5.10. The van der Waals surface area contributed by atoms with Crippen LogP contribution in [0.15, 0.2) is 24.3 Å². The van der Waals surface area contributed by atoms with E-state index >= 15 is 0 Å². The average molecular weight is 358 g/mol. The predicted molar refractivity (Wildman–Crippen MR) is 97.4 cm³/mol. The van der Waals surface area contributed by atoms with Gasteiger partial charge in [-0.25, -0.2) is 0 Å². The number of nitrogens with zero attached hydrogens (tertiary/aromatic N) is 2. The van der Waals surface area contributed by atoms with Gasteiger partial charge in [-0.15, -0.1) is 12.4 Å². The molecule has 2 fully saturated rings. The minimum atomic E-state index is -0.0116. The number of piperidine rings is 1. The van der Waals surface area contributed by atoms with Crippen molar-refractivity contribution < 1.29 is 4.79 Å². The molecule has 0 saturated carbocycles. The fraction of sp³-hybridized carbons (Fsp3) is 0.588. The highest BCUT2D eigenvalue weighted by molar-refractivity contribution is 6.30. The molecule has 1 amide bonds. The second kappa shape index (κ2) is 6.98. The summed E-state index contributed by atoms with van der Waals surface area (Å²) in [6.07, 6.45) is 1.84. The van der Waals surface area contributed by atoms with Gasteiger partial charge in [-0.1, -0.05) is 25.4 Å². The largest absolute Gasteiger partial charge is 0.327 e. The molecule has 2 aliphatic rings. The van der Waals surface area contributed by atoms with Crippen molar-refractivity contribution in [3.8, 4) is 0 Å². The highest BCUT2D eigenvalue weighted by Gasteiger charge is 2.42. The lowest BCUT2D eigenvalue weighted by Gasteiger charge is -2.44. The lowest BCUT2D eigenvalue weighted by molar-refractivity contribution is -0.122. The maximum atomic E-state index is 12.8. The molecule has 1 aromatic carbocycles. The maximum absolute atomic E-state index is 12.8. The van der Waals surface area contributed by atoms with Crippen LogP contribution in [-0.2, 0) is 4.79 Å². The molecular formula is C17H25Cl2N3O. The first-order valence-corrected chi connectivity index (χ1v) is 8.33. The van der Waals surface area contributed by atoms with Gasteiger partial charge in [-0.05, 0) is 42.5 Å². The first-order valence-electron chi connectivity index (χ1n) is 7.95. The lowest BCUT2D eigenvalue weighted by atomic mass is 9.79. The molecular weight excluding hydrogens is 333 g/mol. The van der Waals surface area contributed by atoms with Crippen LogP contribution in [0, 0.1) is 5.41 Å². The number of likely N-dealkylation sites (tertiary alicyclic amines) is 1. The summed E-state index contributed by atoms with van der Waals surface area (Å²) in [5.74, 6) is 0.202. The Morgan fingerprint density at radius 3 is 2.43 bits per heavy atom. The summed E-state index contributed by atoms with van der Waals surface area (Å²) in [4.78, 5) is 17.0. The van der Waals surface area contributed by atoms with Crippen LogP contribution in [-0.4, -0.2) is 42.5 Å². The number of anilines is 1. The van der Waals surface area contributed by atoms with Crippen molar-refractivity contribution in [3.05, 3.63) is 29.3 Å². The molecule has 0 aliphatic carbocycles. The van der Waals surface area contributed by atoms with Gasteiger partial charge in [0.1, 0.15) is 0 Å². The Bertz CT molecular complexity index is 561. The van der Waals surface area contributed by atoms with Gasteiger partial charge in [0.2, 0.25) is 5.91 Å². The Kier molecular flexibility index (Phi) is 5.62. The number of hydrogen-bond acceptors (Lipinski definition) is 3. The fourth-order valence-electron chi connectivity index (χ4n) is 3.56. The zero-order valence-corrected chi connectivity index (χ0v) is 15.2. The van der Waals surface area contributed by atoms with Gasteiger partial charge in [0, 0.05) is 36.4 Å².